The molecule has 1 aliphatic heterocycles. The first-order valence-corrected chi connectivity index (χ1v) is 12.0. The molecule has 11 heteroatoms. The first kappa shape index (κ1) is 22.5. The molecule has 0 saturated heterocycles. The van der Waals surface area contributed by atoms with Gasteiger partial charge in [-0.3, -0.25) is 4.79 Å². The van der Waals surface area contributed by atoms with Gasteiger partial charge in [-0.1, -0.05) is 40.8 Å². The number of aromatic nitrogens is 2. The van der Waals surface area contributed by atoms with Gasteiger partial charge in [-0.15, -0.1) is 10.2 Å². The molecule has 0 bridgehead atoms. The fourth-order valence-corrected chi connectivity index (χ4v) is 4.80. The van der Waals surface area contributed by atoms with Crippen molar-refractivity contribution in [2.75, 3.05) is 31.4 Å². The molecule has 0 radical (unpaired) electrons. The van der Waals surface area contributed by atoms with Crippen LogP contribution in [0.1, 0.15) is 12.0 Å². The van der Waals surface area contributed by atoms with Crippen molar-refractivity contribution in [3.8, 4) is 17.2 Å². The lowest BCUT2D eigenvalue weighted by Crippen LogP contribution is -2.24. The Kier molecular flexibility index (Phi) is 7.56. The summed E-state index contributed by atoms with van der Waals surface area (Å²) in [6.45, 7) is 1.49. The quantitative estimate of drug-likeness (QED) is 0.443. The first-order valence-electron chi connectivity index (χ1n) is 9.83. The summed E-state index contributed by atoms with van der Waals surface area (Å²) in [5, 5.41) is 15.4. The zero-order valence-corrected chi connectivity index (χ0v) is 19.6. The van der Waals surface area contributed by atoms with Gasteiger partial charge in [-0.05, 0) is 29.8 Å². The summed E-state index contributed by atoms with van der Waals surface area (Å²) in [5.41, 5.74) is 1.70. The number of anilines is 2. The maximum absolute atomic E-state index is 12.3. The lowest BCUT2D eigenvalue weighted by atomic mass is 10.2. The van der Waals surface area contributed by atoms with Crippen LogP contribution in [0.4, 0.5) is 10.8 Å². The molecule has 0 atom stereocenters. The SMILES string of the molecule is COc1cccc(Nc2nnc(SCC(=O)NCc3cc(Cl)c4c(c3)OCCCO4)s2)c1. The molecule has 3 aromatic rings. The van der Waals surface area contributed by atoms with Crippen LogP contribution >= 0.6 is 34.7 Å². The number of carbonyl (C=O) groups excluding carboxylic acids is 1. The number of nitrogens with one attached hydrogen (secondary N) is 2. The highest BCUT2D eigenvalue weighted by Gasteiger charge is 2.16. The van der Waals surface area contributed by atoms with Crippen LogP contribution in [0.25, 0.3) is 0 Å². The van der Waals surface area contributed by atoms with Gasteiger partial charge in [0, 0.05) is 24.7 Å². The van der Waals surface area contributed by atoms with E-state index in [2.05, 4.69) is 20.8 Å². The Bertz CT molecular complexity index is 1100. The minimum atomic E-state index is -0.115. The average molecular weight is 493 g/mol. The molecule has 1 aliphatic rings. The second-order valence-corrected chi connectivity index (χ2v) is 9.36. The topological polar surface area (TPSA) is 94.6 Å². The van der Waals surface area contributed by atoms with Crippen molar-refractivity contribution in [2.45, 2.75) is 17.3 Å². The molecule has 2 N–H and O–H groups in total. The van der Waals surface area contributed by atoms with Crippen molar-refractivity contribution in [3.05, 3.63) is 47.0 Å². The number of nitrogens with zero attached hydrogens (tertiary/aromatic N) is 2. The van der Waals surface area contributed by atoms with Crippen molar-refractivity contribution < 1.29 is 19.0 Å². The van der Waals surface area contributed by atoms with Crippen LogP contribution in [-0.4, -0.2) is 42.2 Å². The van der Waals surface area contributed by atoms with Gasteiger partial charge in [0.25, 0.3) is 0 Å². The van der Waals surface area contributed by atoms with E-state index in [1.807, 2.05) is 30.3 Å². The third kappa shape index (κ3) is 5.96. The van der Waals surface area contributed by atoms with E-state index in [-0.39, 0.29) is 11.7 Å². The smallest absolute Gasteiger partial charge is 0.230 e. The van der Waals surface area contributed by atoms with Gasteiger partial charge in [0.2, 0.25) is 11.0 Å². The van der Waals surface area contributed by atoms with E-state index in [9.17, 15) is 4.79 Å². The van der Waals surface area contributed by atoms with Crippen LogP contribution in [0.2, 0.25) is 5.02 Å². The van der Waals surface area contributed by atoms with Gasteiger partial charge < -0.3 is 24.8 Å². The molecule has 0 spiro atoms. The Balaban J connectivity index is 1.27. The van der Waals surface area contributed by atoms with Crippen molar-refractivity contribution >= 4 is 51.4 Å². The molecule has 168 valence electrons. The maximum Gasteiger partial charge on any atom is 0.230 e. The molecule has 2 heterocycles. The molecule has 1 amide bonds. The largest absolute Gasteiger partial charge is 0.497 e. The highest BCUT2D eigenvalue weighted by Crippen LogP contribution is 2.38. The number of fused-ring (bicyclic) bond motifs is 1. The van der Waals surface area contributed by atoms with Crippen molar-refractivity contribution in [3.63, 3.8) is 0 Å². The van der Waals surface area contributed by atoms with Crippen molar-refractivity contribution in [1.29, 1.82) is 0 Å². The number of benzene rings is 2. The number of carbonyl (C=O) groups is 1. The van der Waals surface area contributed by atoms with Gasteiger partial charge in [0.15, 0.2) is 15.8 Å². The fraction of sp³-hybridized carbons (Fsp3) is 0.286. The molecule has 4 rings (SSSR count). The summed E-state index contributed by atoms with van der Waals surface area (Å²) < 4.78 is 17.2. The predicted octanol–water partition coefficient (Wildman–Crippen LogP) is 4.51. The second-order valence-electron chi connectivity index (χ2n) is 6.75. The monoisotopic (exact) mass is 492 g/mol. The minimum absolute atomic E-state index is 0.115. The van der Waals surface area contributed by atoms with Gasteiger partial charge in [-0.25, -0.2) is 0 Å². The Hall–Kier alpha value is -2.69. The lowest BCUT2D eigenvalue weighted by molar-refractivity contribution is -0.118. The first-order chi connectivity index (χ1) is 15.6. The summed E-state index contributed by atoms with van der Waals surface area (Å²) in [6, 6.07) is 11.2. The van der Waals surface area contributed by atoms with E-state index in [1.54, 1.807) is 13.2 Å². The minimum Gasteiger partial charge on any atom is -0.497 e. The van der Waals surface area contributed by atoms with E-state index in [0.29, 0.717) is 45.8 Å². The van der Waals surface area contributed by atoms with E-state index in [0.717, 1.165) is 23.4 Å². The number of halogens is 1. The van der Waals surface area contributed by atoms with E-state index in [4.69, 9.17) is 25.8 Å². The standard InChI is InChI=1S/C21H21ClN4O4S2/c1-28-15-5-2-4-14(10-15)24-20-25-26-21(32-20)31-12-18(27)23-11-13-8-16(22)19-17(9-13)29-6-3-7-30-19/h2,4-5,8-10H,3,6-7,11-12H2,1H3,(H,23,27)(H,24,25). The number of ether oxygens (including phenoxy) is 3. The molecular formula is C21H21ClN4O4S2. The van der Waals surface area contributed by atoms with Crippen LogP contribution in [-0.2, 0) is 11.3 Å². The van der Waals surface area contributed by atoms with E-state index >= 15 is 0 Å². The number of hydrogen-bond donors (Lipinski definition) is 2. The van der Waals surface area contributed by atoms with Crippen LogP contribution in [0, 0.1) is 0 Å². The highest BCUT2D eigenvalue weighted by atomic mass is 35.5. The third-order valence-corrected chi connectivity index (χ3v) is 6.66. The Morgan fingerprint density at radius 3 is 3.00 bits per heavy atom. The molecule has 8 nitrogen and oxygen atoms in total. The summed E-state index contributed by atoms with van der Waals surface area (Å²) in [7, 11) is 1.62. The average Bonchev–Trinajstić information content (AvgIpc) is 3.10. The molecular weight excluding hydrogens is 472 g/mol. The van der Waals surface area contributed by atoms with Gasteiger partial charge in [0.1, 0.15) is 5.75 Å². The lowest BCUT2D eigenvalue weighted by Gasteiger charge is -2.12. The summed E-state index contributed by atoms with van der Waals surface area (Å²) in [6.07, 6.45) is 0.802. The summed E-state index contributed by atoms with van der Waals surface area (Å²) in [4.78, 5) is 12.3. The summed E-state index contributed by atoms with van der Waals surface area (Å²) in [5.74, 6) is 2.03. The van der Waals surface area contributed by atoms with Crippen LogP contribution in [0.5, 0.6) is 17.2 Å². The van der Waals surface area contributed by atoms with E-state index < -0.39 is 0 Å². The number of rotatable bonds is 8. The molecule has 0 aliphatic carbocycles. The Labute approximate surface area is 198 Å². The van der Waals surface area contributed by atoms with Gasteiger partial charge >= 0.3 is 0 Å². The van der Waals surface area contributed by atoms with Crippen LogP contribution in [0.3, 0.4) is 0 Å². The van der Waals surface area contributed by atoms with Crippen LogP contribution in [0.15, 0.2) is 40.7 Å². The number of hydrogen-bond acceptors (Lipinski definition) is 9. The number of methoxy groups -OCH3 is 1. The zero-order chi connectivity index (χ0) is 22.3. The van der Waals surface area contributed by atoms with Crippen molar-refractivity contribution in [2.24, 2.45) is 0 Å². The highest BCUT2D eigenvalue weighted by molar-refractivity contribution is 8.01. The summed E-state index contributed by atoms with van der Waals surface area (Å²) >= 11 is 9.01. The van der Waals surface area contributed by atoms with Gasteiger partial charge in [0.05, 0.1) is 31.1 Å². The fourth-order valence-electron chi connectivity index (χ4n) is 2.91. The van der Waals surface area contributed by atoms with Gasteiger partial charge in [-0.2, -0.15) is 0 Å². The number of amides is 1. The molecule has 32 heavy (non-hydrogen) atoms. The Morgan fingerprint density at radius 2 is 2.12 bits per heavy atom. The van der Waals surface area contributed by atoms with Crippen LogP contribution < -0.4 is 24.8 Å². The third-order valence-electron chi connectivity index (χ3n) is 4.41. The molecule has 0 fully saturated rings. The van der Waals surface area contributed by atoms with E-state index in [1.165, 1.54) is 23.1 Å². The molecule has 0 unspecified atom stereocenters. The number of thioether (sulfide) groups is 1. The second kappa shape index (κ2) is 10.8. The zero-order valence-electron chi connectivity index (χ0n) is 17.2. The molecule has 0 saturated carbocycles. The molecule has 2 aromatic carbocycles. The molecule has 1 aromatic heterocycles. The normalized spacial score (nSPS) is 12.7. The Morgan fingerprint density at radius 1 is 1.25 bits per heavy atom. The van der Waals surface area contributed by atoms with Crippen molar-refractivity contribution in [1.82, 2.24) is 15.5 Å². The maximum atomic E-state index is 12.3. The predicted molar refractivity (Wildman–Crippen MR) is 126 cm³/mol.